The Kier molecular flexibility index (Phi) is 8.05. The Labute approximate surface area is 152 Å². The zero-order valence-electron chi connectivity index (χ0n) is 14.9. The van der Waals surface area contributed by atoms with Crippen molar-refractivity contribution < 1.29 is 18.8 Å². The molecule has 0 saturated heterocycles. The Hall–Kier alpha value is -2.44. The monoisotopic (exact) mass is 363 g/mol. The fourth-order valence-corrected chi connectivity index (χ4v) is 3.09. The molecule has 2 rings (SSSR count). The van der Waals surface area contributed by atoms with Crippen molar-refractivity contribution >= 4 is 17.7 Å². The van der Waals surface area contributed by atoms with E-state index in [0.717, 1.165) is 12.8 Å². The van der Waals surface area contributed by atoms with E-state index in [-0.39, 0.29) is 37.0 Å². The molecule has 0 aliphatic heterocycles. The van der Waals surface area contributed by atoms with Gasteiger partial charge in [-0.05, 0) is 30.9 Å². The van der Waals surface area contributed by atoms with Crippen molar-refractivity contribution in [3.63, 3.8) is 0 Å². The number of rotatable bonds is 8. The Morgan fingerprint density at radius 1 is 0.923 bits per heavy atom. The third-order valence-electron chi connectivity index (χ3n) is 4.50. The average molecular weight is 363 g/mol. The molecule has 3 amide bonds. The third-order valence-corrected chi connectivity index (χ3v) is 4.50. The number of nitrogens with one attached hydrogen (secondary N) is 3. The summed E-state index contributed by atoms with van der Waals surface area (Å²) in [6.07, 6.45) is 6.25. The summed E-state index contributed by atoms with van der Waals surface area (Å²) in [4.78, 5) is 35.3. The first-order valence-corrected chi connectivity index (χ1v) is 9.12. The van der Waals surface area contributed by atoms with E-state index in [1.807, 2.05) is 0 Å². The lowest BCUT2D eigenvalue weighted by molar-refractivity contribution is -0.126. The largest absolute Gasteiger partial charge is 0.353 e. The van der Waals surface area contributed by atoms with E-state index < -0.39 is 11.7 Å². The van der Waals surface area contributed by atoms with Crippen molar-refractivity contribution in [2.45, 2.75) is 38.5 Å². The Morgan fingerprint density at radius 3 is 2.35 bits per heavy atom. The molecule has 0 spiro atoms. The van der Waals surface area contributed by atoms with Crippen molar-refractivity contribution in [3.8, 4) is 0 Å². The third kappa shape index (κ3) is 6.82. The van der Waals surface area contributed by atoms with E-state index in [1.54, 1.807) is 6.07 Å². The Bertz CT molecular complexity index is 630. The molecule has 1 aromatic carbocycles. The normalized spacial score (nSPS) is 14.5. The highest BCUT2D eigenvalue weighted by Gasteiger charge is 2.17. The topological polar surface area (TPSA) is 87.3 Å². The number of carbonyl (C=O) groups is 3. The van der Waals surface area contributed by atoms with Gasteiger partial charge in [0.2, 0.25) is 11.8 Å². The molecule has 6 nitrogen and oxygen atoms in total. The summed E-state index contributed by atoms with van der Waals surface area (Å²) in [7, 11) is 0. The number of hydrogen-bond acceptors (Lipinski definition) is 3. The van der Waals surface area contributed by atoms with Crippen LogP contribution < -0.4 is 16.0 Å². The van der Waals surface area contributed by atoms with Crippen LogP contribution in [0.25, 0.3) is 0 Å². The molecule has 0 radical (unpaired) electrons. The fraction of sp³-hybridized carbons (Fsp3) is 0.526. The van der Waals surface area contributed by atoms with Gasteiger partial charge in [-0.2, -0.15) is 0 Å². The maximum Gasteiger partial charge on any atom is 0.254 e. The van der Waals surface area contributed by atoms with Gasteiger partial charge in [0.05, 0.1) is 12.1 Å². The van der Waals surface area contributed by atoms with Crippen LogP contribution in [0.4, 0.5) is 4.39 Å². The number of carbonyl (C=O) groups excluding carboxylic acids is 3. The second-order valence-corrected chi connectivity index (χ2v) is 6.57. The van der Waals surface area contributed by atoms with Gasteiger partial charge in [-0.25, -0.2) is 4.39 Å². The van der Waals surface area contributed by atoms with E-state index in [1.165, 1.54) is 37.5 Å². The van der Waals surface area contributed by atoms with Crippen LogP contribution in [-0.2, 0) is 9.59 Å². The number of hydrogen-bond donors (Lipinski definition) is 3. The summed E-state index contributed by atoms with van der Waals surface area (Å²) in [6, 6.07) is 5.70. The van der Waals surface area contributed by atoms with Gasteiger partial charge >= 0.3 is 0 Å². The molecule has 1 aliphatic rings. The van der Waals surface area contributed by atoms with Crippen molar-refractivity contribution in [1.29, 1.82) is 0 Å². The van der Waals surface area contributed by atoms with Crippen LogP contribution in [0, 0.1) is 11.7 Å². The standard InChI is InChI=1S/C19H26FN3O3/c20-16-9-5-4-8-15(16)19(26)22-11-10-21-18(25)13-23-17(24)12-14-6-2-1-3-7-14/h4-5,8-9,14H,1-3,6-7,10-13H2,(H,21,25)(H,22,26)(H,23,24). The zero-order chi connectivity index (χ0) is 18.8. The minimum atomic E-state index is -0.588. The summed E-state index contributed by atoms with van der Waals surface area (Å²) in [5, 5.41) is 7.76. The number of amides is 3. The van der Waals surface area contributed by atoms with E-state index in [2.05, 4.69) is 16.0 Å². The lowest BCUT2D eigenvalue weighted by atomic mass is 9.87. The first kappa shape index (κ1) is 19.9. The molecule has 0 heterocycles. The second-order valence-electron chi connectivity index (χ2n) is 6.57. The molecule has 142 valence electrons. The summed E-state index contributed by atoms with van der Waals surface area (Å²) in [5.41, 5.74) is -0.0335. The molecule has 1 aromatic rings. The van der Waals surface area contributed by atoms with Crippen LogP contribution in [0.5, 0.6) is 0 Å². The molecule has 7 heteroatoms. The van der Waals surface area contributed by atoms with Gasteiger partial charge in [-0.1, -0.05) is 31.4 Å². The van der Waals surface area contributed by atoms with Crippen molar-refractivity contribution in [2.75, 3.05) is 19.6 Å². The lowest BCUT2D eigenvalue weighted by Gasteiger charge is -2.20. The average Bonchev–Trinajstić information content (AvgIpc) is 2.64. The summed E-state index contributed by atoms with van der Waals surface area (Å²) >= 11 is 0. The van der Waals surface area contributed by atoms with Crippen molar-refractivity contribution in [1.82, 2.24) is 16.0 Å². The van der Waals surface area contributed by atoms with Gasteiger partial charge in [0.25, 0.3) is 5.91 Å². The van der Waals surface area contributed by atoms with Gasteiger partial charge in [0, 0.05) is 19.5 Å². The maximum absolute atomic E-state index is 13.5. The molecule has 3 N–H and O–H groups in total. The zero-order valence-corrected chi connectivity index (χ0v) is 14.9. The minimum absolute atomic E-state index is 0.0335. The van der Waals surface area contributed by atoms with Crippen LogP contribution in [0.15, 0.2) is 24.3 Å². The van der Waals surface area contributed by atoms with Crippen molar-refractivity contribution in [3.05, 3.63) is 35.6 Å². The van der Waals surface area contributed by atoms with Crippen LogP contribution in [0.3, 0.4) is 0 Å². The van der Waals surface area contributed by atoms with Crippen LogP contribution in [-0.4, -0.2) is 37.4 Å². The number of halogens is 1. The highest BCUT2D eigenvalue weighted by atomic mass is 19.1. The summed E-state index contributed by atoms with van der Waals surface area (Å²) < 4.78 is 13.5. The molecule has 26 heavy (non-hydrogen) atoms. The summed E-state index contributed by atoms with van der Waals surface area (Å²) in [5.74, 6) is -1.10. The lowest BCUT2D eigenvalue weighted by Crippen LogP contribution is -2.40. The van der Waals surface area contributed by atoms with E-state index in [4.69, 9.17) is 0 Å². The van der Waals surface area contributed by atoms with Gasteiger partial charge < -0.3 is 16.0 Å². The molecule has 0 aromatic heterocycles. The Balaban J connectivity index is 1.56. The first-order valence-electron chi connectivity index (χ1n) is 9.12. The summed E-state index contributed by atoms with van der Waals surface area (Å²) in [6.45, 7) is 0.305. The van der Waals surface area contributed by atoms with Crippen LogP contribution in [0.2, 0.25) is 0 Å². The first-order chi connectivity index (χ1) is 12.6. The molecular formula is C19H26FN3O3. The molecule has 0 unspecified atom stereocenters. The minimum Gasteiger partial charge on any atom is -0.353 e. The SMILES string of the molecule is O=C(CNC(=O)CC1CCCCC1)NCCNC(=O)c1ccccc1F. The smallest absolute Gasteiger partial charge is 0.254 e. The Morgan fingerprint density at radius 2 is 1.62 bits per heavy atom. The van der Waals surface area contributed by atoms with Gasteiger partial charge in [0.1, 0.15) is 5.82 Å². The second kappa shape index (κ2) is 10.5. The maximum atomic E-state index is 13.5. The highest BCUT2D eigenvalue weighted by Crippen LogP contribution is 2.25. The van der Waals surface area contributed by atoms with Crippen molar-refractivity contribution in [2.24, 2.45) is 5.92 Å². The molecular weight excluding hydrogens is 337 g/mol. The predicted octanol–water partition coefficient (Wildman–Crippen LogP) is 1.76. The number of benzene rings is 1. The predicted molar refractivity (Wildman–Crippen MR) is 95.9 cm³/mol. The van der Waals surface area contributed by atoms with Gasteiger partial charge in [-0.3, -0.25) is 14.4 Å². The highest BCUT2D eigenvalue weighted by molar-refractivity contribution is 5.94. The van der Waals surface area contributed by atoms with E-state index in [0.29, 0.717) is 12.3 Å². The van der Waals surface area contributed by atoms with Gasteiger partial charge in [-0.15, -0.1) is 0 Å². The molecule has 0 atom stereocenters. The van der Waals surface area contributed by atoms with Crippen LogP contribution >= 0.6 is 0 Å². The quantitative estimate of drug-likeness (QED) is 0.615. The molecule has 1 saturated carbocycles. The molecule has 1 aliphatic carbocycles. The molecule has 0 bridgehead atoms. The van der Waals surface area contributed by atoms with E-state index >= 15 is 0 Å². The van der Waals surface area contributed by atoms with Gasteiger partial charge in [0.15, 0.2) is 0 Å². The fourth-order valence-electron chi connectivity index (χ4n) is 3.09. The van der Waals surface area contributed by atoms with Crippen LogP contribution in [0.1, 0.15) is 48.9 Å². The van der Waals surface area contributed by atoms with E-state index in [9.17, 15) is 18.8 Å². The molecule has 1 fully saturated rings.